The molecule has 6 nitrogen and oxygen atoms in total. The van der Waals surface area contributed by atoms with Crippen molar-refractivity contribution in [3.63, 3.8) is 0 Å². The maximum atomic E-state index is 12.2. The summed E-state index contributed by atoms with van der Waals surface area (Å²) < 4.78 is 0. The Morgan fingerprint density at radius 2 is 2.07 bits per heavy atom. The molecular formula is C22H28N4O2. The Morgan fingerprint density at radius 1 is 1.25 bits per heavy atom. The van der Waals surface area contributed by atoms with Crippen molar-refractivity contribution < 1.29 is 9.90 Å². The topological polar surface area (TPSA) is 68.7 Å². The summed E-state index contributed by atoms with van der Waals surface area (Å²) >= 11 is 0. The molecule has 2 N–H and O–H groups in total. The second kappa shape index (κ2) is 8.19. The summed E-state index contributed by atoms with van der Waals surface area (Å²) in [6, 6.07) is 10.3. The molecule has 1 unspecified atom stereocenters. The van der Waals surface area contributed by atoms with Crippen LogP contribution in [0, 0.1) is 5.92 Å². The predicted molar refractivity (Wildman–Crippen MR) is 112 cm³/mol. The van der Waals surface area contributed by atoms with Crippen LogP contribution in [0.25, 0.3) is 0 Å². The van der Waals surface area contributed by atoms with Crippen LogP contribution >= 0.6 is 0 Å². The number of aromatic nitrogens is 1. The summed E-state index contributed by atoms with van der Waals surface area (Å²) in [4.78, 5) is 20.9. The number of carbonyl (C=O) groups is 1. The molecule has 0 radical (unpaired) electrons. The lowest BCUT2D eigenvalue weighted by atomic mass is 9.98. The van der Waals surface area contributed by atoms with Crippen molar-refractivity contribution >= 4 is 28.8 Å². The lowest BCUT2D eigenvalue weighted by Gasteiger charge is -2.33. The molecule has 0 saturated carbocycles. The summed E-state index contributed by atoms with van der Waals surface area (Å²) in [5.74, 6) is 1.30. The van der Waals surface area contributed by atoms with Crippen molar-refractivity contribution in [2.45, 2.75) is 32.6 Å². The Bertz CT molecular complexity index is 837. The first-order chi connectivity index (χ1) is 13.7. The van der Waals surface area contributed by atoms with Crippen molar-refractivity contribution in [3.8, 4) is 0 Å². The SMILES string of the molecule is CCN1C(=O)CCc2cnc(Nc3ccc(N4CCCC(CO)C4)cc3)cc21. The van der Waals surface area contributed by atoms with Gasteiger partial charge in [0.15, 0.2) is 0 Å². The number of hydrogen-bond acceptors (Lipinski definition) is 5. The molecule has 1 saturated heterocycles. The van der Waals surface area contributed by atoms with Gasteiger partial charge in [0.1, 0.15) is 5.82 Å². The molecule has 0 bridgehead atoms. The summed E-state index contributed by atoms with van der Waals surface area (Å²) in [5, 5.41) is 12.8. The molecular weight excluding hydrogens is 352 g/mol. The number of aliphatic hydroxyl groups is 1. The van der Waals surface area contributed by atoms with Crippen LogP contribution in [0.4, 0.5) is 22.9 Å². The number of fused-ring (bicyclic) bond motifs is 1. The zero-order valence-corrected chi connectivity index (χ0v) is 16.4. The number of piperidine rings is 1. The van der Waals surface area contributed by atoms with Crippen LogP contribution in [0.5, 0.6) is 0 Å². The number of benzene rings is 1. The number of hydrogen-bond donors (Lipinski definition) is 2. The minimum atomic E-state index is 0.180. The fourth-order valence-corrected chi connectivity index (χ4v) is 4.19. The van der Waals surface area contributed by atoms with E-state index in [2.05, 4.69) is 39.5 Å². The quantitative estimate of drug-likeness (QED) is 0.833. The van der Waals surface area contributed by atoms with Crippen LogP contribution in [0.15, 0.2) is 36.5 Å². The fourth-order valence-electron chi connectivity index (χ4n) is 4.19. The highest BCUT2D eigenvalue weighted by Crippen LogP contribution is 2.31. The summed E-state index contributed by atoms with van der Waals surface area (Å²) in [6.45, 7) is 4.89. The number of carbonyl (C=O) groups excluding carboxylic acids is 1. The molecule has 2 aromatic rings. The molecule has 1 amide bonds. The third-order valence-electron chi connectivity index (χ3n) is 5.76. The number of anilines is 4. The molecule has 6 heteroatoms. The molecule has 148 valence electrons. The van der Waals surface area contributed by atoms with E-state index in [-0.39, 0.29) is 12.5 Å². The molecule has 0 aliphatic carbocycles. The Labute approximate surface area is 166 Å². The number of rotatable bonds is 5. The first kappa shape index (κ1) is 18.7. The molecule has 2 aliphatic rings. The average Bonchev–Trinajstić information content (AvgIpc) is 2.74. The predicted octanol–water partition coefficient (Wildman–Crippen LogP) is 3.33. The first-order valence-electron chi connectivity index (χ1n) is 10.2. The van der Waals surface area contributed by atoms with Gasteiger partial charge in [-0.25, -0.2) is 4.98 Å². The zero-order chi connectivity index (χ0) is 19.5. The Morgan fingerprint density at radius 3 is 2.82 bits per heavy atom. The molecule has 3 heterocycles. The third kappa shape index (κ3) is 3.83. The lowest BCUT2D eigenvalue weighted by molar-refractivity contribution is -0.118. The maximum absolute atomic E-state index is 12.2. The minimum Gasteiger partial charge on any atom is -0.396 e. The van der Waals surface area contributed by atoms with Crippen LogP contribution in [-0.2, 0) is 11.2 Å². The van der Waals surface area contributed by atoms with Crippen molar-refractivity contribution in [1.82, 2.24) is 4.98 Å². The van der Waals surface area contributed by atoms with Crippen LogP contribution in [0.2, 0.25) is 0 Å². The van der Waals surface area contributed by atoms with E-state index >= 15 is 0 Å². The molecule has 1 atom stereocenters. The average molecular weight is 380 g/mol. The number of aryl methyl sites for hydroxylation is 1. The Hall–Kier alpha value is -2.60. The highest BCUT2D eigenvalue weighted by molar-refractivity contribution is 5.96. The van der Waals surface area contributed by atoms with Crippen molar-refractivity contribution in [1.29, 1.82) is 0 Å². The highest BCUT2D eigenvalue weighted by atomic mass is 16.3. The van der Waals surface area contributed by atoms with Gasteiger partial charge in [0.2, 0.25) is 5.91 Å². The molecule has 1 aromatic heterocycles. The van der Waals surface area contributed by atoms with Gasteiger partial charge in [-0.2, -0.15) is 0 Å². The van der Waals surface area contributed by atoms with Gasteiger partial charge in [0.25, 0.3) is 0 Å². The standard InChI is InChI=1S/C22H28N4O2/c1-2-26-20-12-21(23-13-17(20)5-10-22(26)28)24-18-6-8-19(9-7-18)25-11-3-4-16(14-25)15-27/h6-9,12-13,16,27H,2-5,10-11,14-15H2,1H3,(H,23,24). The Kier molecular flexibility index (Phi) is 5.48. The number of pyridine rings is 1. The van der Waals surface area contributed by atoms with Gasteiger partial charge in [-0.1, -0.05) is 0 Å². The second-order valence-corrected chi connectivity index (χ2v) is 7.64. The van der Waals surface area contributed by atoms with Crippen LogP contribution < -0.4 is 15.1 Å². The Balaban J connectivity index is 1.48. The first-order valence-corrected chi connectivity index (χ1v) is 10.2. The summed E-state index contributed by atoms with van der Waals surface area (Å²) in [6.07, 6.45) is 5.43. The second-order valence-electron chi connectivity index (χ2n) is 7.64. The van der Waals surface area contributed by atoms with Crippen molar-refractivity contribution in [3.05, 3.63) is 42.1 Å². The van der Waals surface area contributed by atoms with E-state index < -0.39 is 0 Å². The van der Waals surface area contributed by atoms with Gasteiger partial charge in [-0.15, -0.1) is 0 Å². The summed E-state index contributed by atoms with van der Waals surface area (Å²) in [5.41, 5.74) is 4.25. The van der Waals surface area contributed by atoms with Crippen molar-refractivity contribution in [2.24, 2.45) is 5.92 Å². The van der Waals surface area contributed by atoms with Gasteiger partial charge in [-0.05, 0) is 61.9 Å². The van der Waals surface area contributed by atoms with Crippen molar-refractivity contribution in [2.75, 3.05) is 41.4 Å². The number of nitrogens with zero attached hydrogens (tertiary/aromatic N) is 3. The van der Waals surface area contributed by atoms with Gasteiger partial charge in [0.05, 0.1) is 5.69 Å². The summed E-state index contributed by atoms with van der Waals surface area (Å²) in [7, 11) is 0. The monoisotopic (exact) mass is 380 g/mol. The van der Waals surface area contributed by atoms with Crippen LogP contribution in [0.3, 0.4) is 0 Å². The normalized spacial score (nSPS) is 19.5. The minimum absolute atomic E-state index is 0.180. The van der Waals surface area contributed by atoms with E-state index in [1.807, 2.05) is 24.1 Å². The smallest absolute Gasteiger partial charge is 0.227 e. The van der Waals surface area contributed by atoms with Crippen LogP contribution in [0.1, 0.15) is 31.7 Å². The molecule has 28 heavy (non-hydrogen) atoms. The molecule has 2 aliphatic heterocycles. The third-order valence-corrected chi connectivity index (χ3v) is 5.76. The van der Waals surface area contributed by atoms with E-state index in [0.717, 1.165) is 55.1 Å². The van der Waals surface area contributed by atoms with E-state index in [1.165, 1.54) is 5.69 Å². The van der Waals surface area contributed by atoms with E-state index in [0.29, 0.717) is 18.9 Å². The molecule has 4 rings (SSSR count). The van der Waals surface area contributed by atoms with E-state index in [9.17, 15) is 9.90 Å². The van der Waals surface area contributed by atoms with Gasteiger partial charge in [-0.3, -0.25) is 4.79 Å². The number of aliphatic hydroxyl groups excluding tert-OH is 1. The molecule has 0 spiro atoms. The van der Waals surface area contributed by atoms with Gasteiger partial charge in [0, 0.05) is 56.3 Å². The van der Waals surface area contributed by atoms with Gasteiger partial charge < -0.3 is 20.2 Å². The largest absolute Gasteiger partial charge is 0.396 e. The van der Waals surface area contributed by atoms with Gasteiger partial charge >= 0.3 is 0 Å². The fraction of sp³-hybridized carbons (Fsp3) is 0.455. The number of nitrogens with one attached hydrogen (secondary N) is 1. The lowest BCUT2D eigenvalue weighted by Crippen LogP contribution is -2.36. The highest BCUT2D eigenvalue weighted by Gasteiger charge is 2.23. The molecule has 1 aromatic carbocycles. The van der Waals surface area contributed by atoms with E-state index in [4.69, 9.17) is 0 Å². The van der Waals surface area contributed by atoms with E-state index in [1.54, 1.807) is 0 Å². The number of amides is 1. The zero-order valence-electron chi connectivity index (χ0n) is 16.4. The maximum Gasteiger partial charge on any atom is 0.227 e. The van der Waals surface area contributed by atoms with Crippen LogP contribution in [-0.4, -0.2) is 42.2 Å². The molecule has 1 fully saturated rings.